The van der Waals surface area contributed by atoms with Gasteiger partial charge in [0.2, 0.25) is 0 Å². The molecular weight excluding hydrogens is 174 g/mol. The summed E-state index contributed by atoms with van der Waals surface area (Å²) in [6.45, 7) is 9.30. The Balaban J connectivity index is 4.32. The lowest BCUT2D eigenvalue weighted by molar-refractivity contribution is 0.555. The highest BCUT2D eigenvalue weighted by atomic mass is 15.4. The monoisotopic (exact) mass is 191 g/mol. The van der Waals surface area contributed by atoms with E-state index >= 15 is 0 Å². The van der Waals surface area contributed by atoms with Crippen molar-refractivity contribution in [1.29, 1.82) is 0 Å². The van der Waals surface area contributed by atoms with E-state index in [0.717, 1.165) is 5.57 Å². The summed E-state index contributed by atoms with van der Waals surface area (Å²) in [6.07, 6.45) is 8.86. The molecule has 0 aromatic rings. The third-order valence-corrected chi connectivity index (χ3v) is 1.44. The fourth-order valence-electron chi connectivity index (χ4n) is 0.637. The minimum absolute atomic E-state index is 0.691. The van der Waals surface area contributed by atoms with Gasteiger partial charge in [0.1, 0.15) is 6.34 Å². The first-order valence-electron chi connectivity index (χ1n) is 4.25. The zero-order valence-electron chi connectivity index (χ0n) is 8.77. The molecule has 14 heavy (non-hydrogen) atoms. The van der Waals surface area contributed by atoms with Crippen LogP contribution in [0.3, 0.4) is 0 Å². The third-order valence-electron chi connectivity index (χ3n) is 1.44. The summed E-state index contributed by atoms with van der Waals surface area (Å²) < 4.78 is 0. The summed E-state index contributed by atoms with van der Waals surface area (Å²) >= 11 is 0. The zero-order chi connectivity index (χ0) is 11.0. The van der Waals surface area contributed by atoms with Gasteiger partial charge in [-0.1, -0.05) is 37.5 Å². The molecule has 2 N–H and O–H groups in total. The topological polar surface area (TPSA) is 41.6 Å². The van der Waals surface area contributed by atoms with Gasteiger partial charge < -0.3 is 5.01 Å². The first-order valence-corrected chi connectivity index (χ1v) is 4.25. The molecule has 0 spiro atoms. The predicted molar refractivity (Wildman–Crippen MR) is 62.7 cm³/mol. The van der Waals surface area contributed by atoms with Crippen molar-refractivity contribution < 1.29 is 0 Å². The van der Waals surface area contributed by atoms with Crippen LogP contribution in [0.5, 0.6) is 0 Å². The summed E-state index contributed by atoms with van der Waals surface area (Å²) in [5, 5.41) is 1.37. The third kappa shape index (κ3) is 5.97. The van der Waals surface area contributed by atoms with Gasteiger partial charge in [-0.25, -0.2) is 10.8 Å². The second kappa shape index (κ2) is 6.86. The number of rotatable bonds is 5. The van der Waals surface area contributed by atoms with Crippen molar-refractivity contribution in [2.24, 2.45) is 10.8 Å². The second-order valence-corrected chi connectivity index (χ2v) is 2.83. The van der Waals surface area contributed by atoms with E-state index in [0.29, 0.717) is 5.70 Å². The lowest BCUT2D eigenvalue weighted by Gasteiger charge is -2.03. The van der Waals surface area contributed by atoms with Crippen LogP contribution in [0.15, 0.2) is 53.7 Å². The number of hydrazine groups is 1. The largest absolute Gasteiger partial charge is 0.304 e. The molecule has 0 saturated carbocycles. The van der Waals surface area contributed by atoms with Gasteiger partial charge in [0.05, 0.1) is 5.70 Å². The van der Waals surface area contributed by atoms with Gasteiger partial charge in [-0.2, -0.15) is 0 Å². The Morgan fingerprint density at radius 2 is 2.07 bits per heavy atom. The van der Waals surface area contributed by atoms with Crippen molar-refractivity contribution in [2.45, 2.75) is 6.92 Å². The highest BCUT2D eigenvalue weighted by molar-refractivity contribution is 5.56. The van der Waals surface area contributed by atoms with Crippen LogP contribution in [-0.4, -0.2) is 18.4 Å². The summed E-state index contributed by atoms with van der Waals surface area (Å²) in [5.74, 6) is 5.36. The first kappa shape index (κ1) is 12.4. The standard InChI is InChI=1S/C11H17N3/c1-5-6-7-8-10(2)11(3)13-9-14(4)12/h5-9H,1,3,12H2,2,4H3/b7-6-,10-8+,13-9?. The van der Waals surface area contributed by atoms with E-state index in [-0.39, 0.29) is 0 Å². The Kier molecular flexibility index (Phi) is 6.07. The lowest BCUT2D eigenvalue weighted by Crippen LogP contribution is -2.23. The van der Waals surface area contributed by atoms with Gasteiger partial charge in [0.15, 0.2) is 0 Å². The fourth-order valence-corrected chi connectivity index (χ4v) is 0.637. The van der Waals surface area contributed by atoms with Crippen molar-refractivity contribution >= 4 is 6.34 Å². The van der Waals surface area contributed by atoms with E-state index in [1.807, 2.05) is 25.2 Å². The minimum Gasteiger partial charge on any atom is -0.304 e. The molecule has 0 heterocycles. The van der Waals surface area contributed by atoms with Crippen LogP contribution in [0, 0.1) is 0 Å². The van der Waals surface area contributed by atoms with Gasteiger partial charge in [0.25, 0.3) is 0 Å². The van der Waals surface area contributed by atoms with E-state index in [2.05, 4.69) is 18.2 Å². The number of nitrogens with two attached hydrogens (primary N) is 1. The number of aliphatic imine (C=N–C) groups is 1. The Bertz CT molecular complexity index is 283. The molecule has 0 aromatic heterocycles. The van der Waals surface area contributed by atoms with Crippen LogP contribution < -0.4 is 5.84 Å². The van der Waals surface area contributed by atoms with E-state index in [4.69, 9.17) is 5.84 Å². The van der Waals surface area contributed by atoms with Gasteiger partial charge in [-0.15, -0.1) is 0 Å². The van der Waals surface area contributed by atoms with Crippen molar-refractivity contribution in [2.75, 3.05) is 7.05 Å². The fraction of sp³-hybridized carbons (Fsp3) is 0.182. The maximum absolute atomic E-state index is 5.36. The number of hydrogen-bond donors (Lipinski definition) is 1. The van der Waals surface area contributed by atoms with Gasteiger partial charge in [-0.3, -0.25) is 0 Å². The molecule has 0 aliphatic heterocycles. The van der Waals surface area contributed by atoms with Crippen molar-refractivity contribution in [3.05, 3.63) is 48.7 Å². The maximum Gasteiger partial charge on any atom is 0.105 e. The molecule has 0 aromatic carbocycles. The molecule has 3 nitrogen and oxygen atoms in total. The molecule has 0 bridgehead atoms. The Morgan fingerprint density at radius 3 is 2.57 bits per heavy atom. The summed E-state index contributed by atoms with van der Waals surface area (Å²) in [7, 11) is 1.70. The Labute approximate surface area is 85.6 Å². The average molecular weight is 191 g/mol. The van der Waals surface area contributed by atoms with E-state index in [9.17, 15) is 0 Å². The van der Waals surface area contributed by atoms with Crippen LogP contribution in [0.1, 0.15) is 6.92 Å². The SMILES string of the molecule is C=C/C=C\C=C(/C)C(=C)N=CN(C)N. The predicted octanol–water partition coefficient (Wildman–Crippen LogP) is 2.02. The van der Waals surface area contributed by atoms with Crippen LogP contribution in [-0.2, 0) is 0 Å². The van der Waals surface area contributed by atoms with Crippen LogP contribution >= 0.6 is 0 Å². The van der Waals surface area contributed by atoms with Gasteiger partial charge in [0, 0.05) is 7.05 Å². The molecule has 0 aliphatic rings. The molecular formula is C11H17N3. The van der Waals surface area contributed by atoms with E-state index < -0.39 is 0 Å². The maximum atomic E-state index is 5.36. The summed E-state index contributed by atoms with van der Waals surface area (Å²) in [6, 6.07) is 0. The van der Waals surface area contributed by atoms with E-state index in [1.165, 1.54) is 11.3 Å². The Hall–Kier alpha value is -1.61. The Morgan fingerprint density at radius 1 is 1.43 bits per heavy atom. The van der Waals surface area contributed by atoms with Crippen molar-refractivity contribution in [3.8, 4) is 0 Å². The molecule has 0 saturated heterocycles. The second-order valence-electron chi connectivity index (χ2n) is 2.83. The molecule has 0 radical (unpaired) electrons. The highest BCUT2D eigenvalue weighted by Gasteiger charge is 1.91. The average Bonchev–Trinajstić information content (AvgIpc) is 2.14. The summed E-state index contributed by atoms with van der Waals surface area (Å²) in [5.41, 5.74) is 1.68. The normalized spacial score (nSPS) is 12.4. The smallest absolute Gasteiger partial charge is 0.105 e. The van der Waals surface area contributed by atoms with Crippen LogP contribution in [0.4, 0.5) is 0 Å². The molecule has 0 fully saturated rings. The lowest BCUT2D eigenvalue weighted by atomic mass is 10.2. The molecule has 3 heteroatoms. The number of hydrogen-bond acceptors (Lipinski definition) is 2. The first-order chi connectivity index (χ1) is 6.57. The van der Waals surface area contributed by atoms with Gasteiger partial charge >= 0.3 is 0 Å². The summed E-state index contributed by atoms with van der Waals surface area (Å²) in [4.78, 5) is 4.06. The number of allylic oxidation sites excluding steroid dienone is 5. The van der Waals surface area contributed by atoms with E-state index in [1.54, 1.807) is 13.1 Å². The minimum atomic E-state index is 0.691. The van der Waals surface area contributed by atoms with Gasteiger partial charge in [-0.05, 0) is 12.5 Å². The molecule has 76 valence electrons. The number of nitrogens with zero attached hydrogens (tertiary/aromatic N) is 2. The molecule has 0 aliphatic carbocycles. The van der Waals surface area contributed by atoms with Crippen LogP contribution in [0.2, 0.25) is 0 Å². The highest BCUT2D eigenvalue weighted by Crippen LogP contribution is 2.07. The molecule has 0 rings (SSSR count). The molecule has 0 atom stereocenters. The molecule has 0 amide bonds. The van der Waals surface area contributed by atoms with Crippen LogP contribution in [0.25, 0.3) is 0 Å². The van der Waals surface area contributed by atoms with Crippen molar-refractivity contribution in [3.63, 3.8) is 0 Å². The van der Waals surface area contributed by atoms with Crippen molar-refractivity contribution in [1.82, 2.24) is 5.01 Å². The zero-order valence-corrected chi connectivity index (χ0v) is 8.77. The molecule has 0 unspecified atom stereocenters. The quantitative estimate of drug-likeness (QED) is 0.237.